The Bertz CT molecular complexity index is 1270. The van der Waals surface area contributed by atoms with Crippen LogP contribution in [-0.4, -0.2) is 23.7 Å². The molecule has 0 spiro atoms. The number of para-hydroxylation sites is 2. The predicted octanol–water partition coefficient (Wildman–Crippen LogP) is 4.22. The van der Waals surface area contributed by atoms with Gasteiger partial charge in [0, 0.05) is 11.1 Å². The number of hydrogen-bond donors (Lipinski definition) is 2. The molecule has 8 heteroatoms. The van der Waals surface area contributed by atoms with Crippen molar-refractivity contribution in [1.82, 2.24) is 10.2 Å². The Morgan fingerprint density at radius 1 is 0.862 bits per heavy atom. The monoisotopic (exact) mass is 407 g/mol. The quantitative estimate of drug-likeness (QED) is 0.480. The molecule has 4 aromatic rings. The van der Waals surface area contributed by atoms with Crippen LogP contribution in [0.25, 0.3) is 22.9 Å². The summed E-state index contributed by atoms with van der Waals surface area (Å²) in [5, 5.41) is 17.9. The fourth-order valence-corrected chi connectivity index (χ4v) is 3.83. The number of sulfonamides is 1. The Hall–Kier alpha value is -3.65. The van der Waals surface area contributed by atoms with Gasteiger partial charge in [0.15, 0.2) is 0 Å². The lowest BCUT2D eigenvalue weighted by Gasteiger charge is -2.09. The molecule has 0 atom stereocenters. The zero-order chi connectivity index (χ0) is 20.4. The number of aryl methyl sites for hydroxylation is 1. The summed E-state index contributed by atoms with van der Waals surface area (Å²) in [7, 11) is -3.92. The van der Waals surface area contributed by atoms with E-state index in [4.69, 9.17) is 4.42 Å². The Morgan fingerprint density at radius 3 is 2.28 bits per heavy atom. The number of anilines is 1. The first kappa shape index (κ1) is 18.7. The fraction of sp³-hybridized carbons (Fsp3) is 0.0476. The van der Waals surface area contributed by atoms with Crippen molar-refractivity contribution in [3.63, 3.8) is 0 Å². The first-order valence-corrected chi connectivity index (χ1v) is 10.2. The molecule has 0 saturated heterocycles. The van der Waals surface area contributed by atoms with Gasteiger partial charge in [-0.05, 0) is 49.4 Å². The number of aromatic nitrogens is 2. The van der Waals surface area contributed by atoms with Crippen molar-refractivity contribution in [1.29, 1.82) is 0 Å². The van der Waals surface area contributed by atoms with E-state index in [1.165, 1.54) is 24.3 Å². The lowest BCUT2D eigenvalue weighted by atomic mass is 10.1. The normalized spacial score (nSPS) is 11.3. The van der Waals surface area contributed by atoms with Gasteiger partial charge < -0.3 is 9.52 Å². The van der Waals surface area contributed by atoms with Gasteiger partial charge in [0.1, 0.15) is 5.75 Å². The number of phenolic OH excluding ortho intramolecular Hbond substituents is 1. The van der Waals surface area contributed by atoms with Crippen molar-refractivity contribution < 1.29 is 17.9 Å². The van der Waals surface area contributed by atoms with Gasteiger partial charge in [-0.3, -0.25) is 4.72 Å². The van der Waals surface area contributed by atoms with Crippen LogP contribution in [0.2, 0.25) is 0 Å². The van der Waals surface area contributed by atoms with Gasteiger partial charge in [-0.15, -0.1) is 10.2 Å². The Kier molecular flexibility index (Phi) is 4.77. The molecule has 4 rings (SSSR count). The number of hydrogen-bond acceptors (Lipinski definition) is 6. The van der Waals surface area contributed by atoms with E-state index in [0.717, 1.165) is 11.1 Å². The van der Waals surface area contributed by atoms with Crippen molar-refractivity contribution in [2.45, 2.75) is 11.8 Å². The van der Waals surface area contributed by atoms with Crippen LogP contribution in [0.3, 0.4) is 0 Å². The smallest absolute Gasteiger partial charge is 0.262 e. The zero-order valence-corrected chi connectivity index (χ0v) is 16.2. The summed E-state index contributed by atoms with van der Waals surface area (Å²) in [6, 6.07) is 19.9. The maximum atomic E-state index is 12.7. The van der Waals surface area contributed by atoms with Gasteiger partial charge in [0.2, 0.25) is 11.8 Å². The molecule has 0 fully saturated rings. The van der Waals surface area contributed by atoms with E-state index in [-0.39, 0.29) is 22.2 Å². The van der Waals surface area contributed by atoms with Gasteiger partial charge >= 0.3 is 0 Å². The summed E-state index contributed by atoms with van der Waals surface area (Å²) < 4.78 is 33.5. The minimum Gasteiger partial charge on any atom is -0.506 e. The van der Waals surface area contributed by atoms with Crippen LogP contribution in [0.15, 0.2) is 82.1 Å². The molecule has 0 amide bonds. The SMILES string of the molecule is Cc1ccc(-c2nnc(-c3cccc(S(=O)(=O)Nc4ccccc4O)c3)o2)cc1. The summed E-state index contributed by atoms with van der Waals surface area (Å²) in [6.07, 6.45) is 0. The summed E-state index contributed by atoms with van der Waals surface area (Å²) in [6.45, 7) is 1.98. The van der Waals surface area contributed by atoms with Crippen molar-refractivity contribution >= 4 is 15.7 Å². The lowest BCUT2D eigenvalue weighted by Crippen LogP contribution is -2.13. The molecule has 0 aliphatic carbocycles. The molecule has 7 nitrogen and oxygen atoms in total. The Morgan fingerprint density at radius 2 is 1.55 bits per heavy atom. The minimum absolute atomic E-state index is 0.00772. The van der Waals surface area contributed by atoms with Gasteiger partial charge in [-0.25, -0.2) is 8.42 Å². The number of phenols is 1. The van der Waals surface area contributed by atoms with Crippen LogP contribution in [-0.2, 0) is 10.0 Å². The fourth-order valence-electron chi connectivity index (χ4n) is 2.71. The molecule has 1 heterocycles. The summed E-state index contributed by atoms with van der Waals surface area (Å²) in [4.78, 5) is 0.00772. The van der Waals surface area contributed by atoms with Crippen LogP contribution in [0.1, 0.15) is 5.56 Å². The van der Waals surface area contributed by atoms with Crippen LogP contribution >= 0.6 is 0 Å². The maximum Gasteiger partial charge on any atom is 0.262 e. The number of nitrogens with zero attached hydrogens (tertiary/aromatic N) is 2. The molecule has 0 radical (unpaired) electrons. The molecule has 2 N–H and O–H groups in total. The van der Waals surface area contributed by atoms with E-state index in [1.807, 2.05) is 31.2 Å². The lowest BCUT2D eigenvalue weighted by molar-refractivity contribution is 0.477. The largest absolute Gasteiger partial charge is 0.506 e. The molecular formula is C21H17N3O4S. The summed E-state index contributed by atoms with van der Waals surface area (Å²) in [5.41, 5.74) is 2.45. The van der Waals surface area contributed by atoms with Crippen LogP contribution in [0.5, 0.6) is 5.75 Å². The third-order valence-electron chi connectivity index (χ3n) is 4.26. The molecule has 0 bridgehead atoms. The minimum atomic E-state index is -3.92. The number of benzene rings is 3. The average molecular weight is 407 g/mol. The molecule has 0 aliphatic heterocycles. The van der Waals surface area contributed by atoms with Crippen molar-refractivity contribution in [3.05, 3.63) is 78.4 Å². The summed E-state index contributed by atoms with van der Waals surface area (Å²) >= 11 is 0. The molecule has 29 heavy (non-hydrogen) atoms. The second kappa shape index (κ2) is 7.40. The van der Waals surface area contributed by atoms with Crippen LogP contribution in [0.4, 0.5) is 5.69 Å². The Labute approximate surface area is 167 Å². The highest BCUT2D eigenvalue weighted by molar-refractivity contribution is 7.92. The molecule has 0 saturated carbocycles. The number of nitrogens with one attached hydrogen (secondary N) is 1. The van der Waals surface area contributed by atoms with Crippen molar-refractivity contribution in [2.24, 2.45) is 0 Å². The summed E-state index contributed by atoms with van der Waals surface area (Å²) in [5.74, 6) is 0.396. The van der Waals surface area contributed by atoms with Gasteiger partial charge in [-0.1, -0.05) is 35.9 Å². The predicted molar refractivity (Wildman–Crippen MR) is 109 cm³/mol. The van der Waals surface area contributed by atoms with Gasteiger partial charge in [0.05, 0.1) is 10.6 Å². The van der Waals surface area contributed by atoms with Gasteiger partial charge in [0.25, 0.3) is 10.0 Å². The molecular weight excluding hydrogens is 390 g/mol. The van der Waals surface area contributed by atoms with E-state index in [9.17, 15) is 13.5 Å². The van der Waals surface area contributed by atoms with Crippen LogP contribution in [0, 0.1) is 6.92 Å². The van der Waals surface area contributed by atoms with Gasteiger partial charge in [-0.2, -0.15) is 0 Å². The van der Waals surface area contributed by atoms with E-state index in [0.29, 0.717) is 11.5 Å². The highest BCUT2D eigenvalue weighted by Crippen LogP contribution is 2.28. The third-order valence-corrected chi connectivity index (χ3v) is 5.63. The third kappa shape index (κ3) is 3.97. The van der Waals surface area contributed by atoms with Crippen molar-refractivity contribution in [2.75, 3.05) is 4.72 Å². The van der Waals surface area contributed by atoms with Crippen molar-refractivity contribution in [3.8, 4) is 28.7 Å². The van der Waals surface area contributed by atoms with E-state index >= 15 is 0 Å². The number of aromatic hydroxyl groups is 1. The Balaban J connectivity index is 1.64. The molecule has 146 valence electrons. The molecule has 1 aromatic heterocycles. The van der Waals surface area contributed by atoms with E-state index in [1.54, 1.807) is 24.3 Å². The topological polar surface area (TPSA) is 105 Å². The molecule has 3 aromatic carbocycles. The molecule has 0 aliphatic rings. The first-order valence-electron chi connectivity index (χ1n) is 8.74. The number of rotatable bonds is 5. The highest BCUT2D eigenvalue weighted by Gasteiger charge is 2.18. The molecule has 0 unspecified atom stereocenters. The average Bonchev–Trinajstić information content (AvgIpc) is 3.21. The first-order chi connectivity index (χ1) is 13.9. The zero-order valence-electron chi connectivity index (χ0n) is 15.4. The van der Waals surface area contributed by atoms with E-state index in [2.05, 4.69) is 14.9 Å². The van der Waals surface area contributed by atoms with E-state index < -0.39 is 10.0 Å². The second-order valence-corrected chi connectivity index (χ2v) is 8.11. The second-order valence-electron chi connectivity index (χ2n) is 6.43. The highest BCUT2D eigenvalue weighted by atomic mass is 32.2. The maximum absolute atomic E-state index is 12.7. The van der Waals surface area contributed by atoms with Crippen LogP contribution < -0.4 is 4.72 Å². The standard InChI is InChI=1S/C21H17N3O4S/c1-14-9-11-15(12-10-14)20-22-23-21(28-20)16-5-4-6-17(13-16)29(26,27)24-18-7-2-3-8-19(18)25/h2-13,24-25H,1H3.